The zero-order valence-corrected chi connectivity index (χ0v) is 22.0. The summed E-state index contributed by atoms with van der Waals surface area (Å²) in [5.74, 6) is -2.97. The molecular weight excluding hydrogens is 494 g/mol. The summed E-state index contributed by atoms with van der Waals surface area (Å²) in [5.41, 5.74) is 2.98. The van der Waals surface area contributed by atoms with Crippen LogP contribution in [0.15, 0.2) is 48.9 Å². The summed E-state index contributed by atoms with van der Waals surface area (Å²) >= 11 is 0. The average Bonchev–Trinajstić information content (AvgIpc) is 3.27. The second kappa shape index (κ2) is 12.3. The lowest BCUT2D eigenvalue weighted by atomic mass is 9.87. The highest BCUT2D eigenvalue weighted by molar-refractivity contribution is 5.85. The fourth-order valence-electron chi connectivity index (χ4n) is 4.34. The maximum Gasteiger partial charge on any atom is 0.356 e. The number of aromatic carboxylic acids is 1. The van der Waals surface area contributed by atoms with Crippen molar-refractivity contribution in [2.75, 3.05) is 6.54 Å². The number of amides is 1. The minimum atomic E-state index is -1.13. The molecular formula is C28H34F2N4O4. The number of aromatic nitrogens is 2. The number of rotatable bonds is 11. The first-order valence-corrected chi connectivity index (χ1v) is 12.3. The van der Waals surface area contributed by atoms with Crippen LogP contribution in [0.4, 0.5) is 8.78 Å². The van der Waals surface area contributed by atoms with E-state index in [4.69, 9.17) is 0 Å². The number of aliphatic hydroxyl groups excluding tert-OH is 1. The van der Waals surface area contributed by atoms with Gasteiger partial charge in [0, 0.05) is 32.3 Å². The Kier molecular flexibility index (Phi) is 9.35. The van der Waals surface area contributed by atoms with E-state index in [1.54, 1.807) is 4.57 Å². The molecule has 0 saturated heterocycles. The number of carbonyl (C=O) groups is 2. The van der Waals surface area contributed by atoms with Gasteiger partial charge < -0.3 is 25.4 Å². The molecule has 1 aromatic heterocycles. The summed E-state index contributed by atoms with van der Waals surface area (Å²) in [5, 5.41) is 26.0. The van der Waals surface area contributed by atoms with Crippen LogP contribution in [0.3, 0.4) is 0 Å². The Morgan fingerprint density at radius 1 is 1.08 bits per heavy atom. The minimum absolute atomic E-state index is 0.0381. The van der Waals surface area contributed by atoms with Gasteiger partial charge in [-0.3, -0.25) is 4.79 Å². The molecule has 3 aromatic rings. The van der Waals surface area contributed by atoms with Crippen molar-refractivity contribution in [3.05, 3.63) is 82.9 Å². The third-order valence-corrected chi connectivity index (χ3v) is 5.86. The molecule has 38 heavy (non-hydrogen) atoms. The van der Waals surface area contributed by atoms with Gasteiger partial charge in [0.05, 0.1) is 17.8 Å². The fraction of sp³-hybridized carbons (Fsp3) is 0.393. The summed E-state index contributed by atoms with van der Waals surface area (Å²) in [6, 6.07) is 8.24. The van der Waals surface area contributed by atoms with E-state index < -0.39 is 29.7 Å². The molecule has 10 heteroatoms. The number of benzene rings is 2. The van der Waals surface area contributed by atoms with E-state index >= 15 is 0 Å². The predicted octanol–water partition coefficient (Wildman–Crippen LogP) is 3.64. The highest BCUT2D eigenvalue weighted by atomic mass is 19.1. The molecule has 0 aliphatic heterocycles. The van der Waals surface area contributed by atoms with Gasteiger partial charge in [-0.15, -0.1) is 0 Å². The van der Waals surface area contributed by atoms with Crippen molar-refractivity contribution in [3.8, 4) is 5.69 Å². The van der Waals surface area contributed by atoms with E-state index in [0.29, 0.717) is 12.1 Å². The van der Waals surface area contributed by atoms with Crippen molar-refractivity contribution >= 4 is 11.9 Å². The standard InChI is InChI=1S/C28H34F2N4O4/c1-17(35)33-23(10-19-8-21(29)11-22(30)9-19)26(36)14-31-13-20-7-18(12-28(2,3)4)5-6-25(20)34-15-24(27(37)38)32-16-34/h5-9,11,15-16,23,26,31,36H,10,12-14H2,1-4H3,(H,33,35)(H,37,38). The number of carboxylic acids is 1. The third-order valence-electron chi connectivity index (χ3n) is 5.86. The minimum Gasteiger partial charge on any atom is -0.476 e. The first-order chi connectivity index (χ1) is 17.8. The molecule has 0 spiro atoms. The van der Waals surface area contributed by atoms with Crippen LogP contribution < -0.4 is 10.6 Å². The maximum absolute atomic E-state index is 13.7. The Morgan fingerprint density at radius 2 is 1.76 bits per heavy atom. The van der Waals surface area contributed by atoms with E-state index in [1.807, 2.05) is 18.2 Å². The summed E-state index contributed by atoms with van der Waals surface area (Å²) in [6.07, 6.45) is 2.67. The number of halogens is 2. The van der Waals surface area contributed by atoms with Crippen molar-refractivity contribution in [1.82, 2.24) is 20.2 Å². The van der Waals surface area contributed by atoms with Crippen LogP contribution in [0, 0.1) is 17.0 Å². The fourth-order valence-corrected chi connectivity index (χ4v) is 4.34. The first kappa shape index (κ1) is 28.9. The van der Waals surface area contributed by atoms with E-state index in [-0.39, 0.29) is 30.0 Å². The van der Waals surface area contributed by atoms with E-state index in [2.05, 4.69) is 36.4 Å². The SMILES string of the molecule is CC(=O)NC(Cc1cc(F)cc(F)c1)C(O)CNCc1cc(CC(C)(C)C)ccc1-n1cnc(C(=O)O)c1. The van der Waals surface area contributed by atoms with Gasteiger partial charge in [0.2, 0.25) is 5.91 Å². The summed E-state index contributed by atoms with van der Waals surface area (Å²) in [6.45, 7) is 8.12. The Labute approximate surface area is 220 Å². The van der Waals surface area contributed by atoms with Gasteiger partial charge in [0.15, 0.2) is 5.69 Å². The van der Waals surface area contributed by atoms with Crippen LogP contribution in [0.25, 0.3) is 5.69 Å². The van der Waals surface area contributed by atoms with Gasteiger partial charge >= 0.3 is 5.97 Å². The van der Waals surface area contributed by atoms with Gasteiger partial charge in [-0.05, 0) is 53.1 Å². The molecule has 2 atom stereocenters. The van der Waals surface area contributed by atoms with Gasteiger partial charge in [0.25, 0.3) is 0 Å². The van der Waals surface area contributed by atoms with Gasteiger partial charge in [-0.25, -0.2) is 18.6 Å². The number of carbonyl (C=O) groups excluding carboxylic acids is 1. The van der Waals surface area contributed by atoms with Crippen molar-refractivity contribution in [3.63, 3.8) is 0 Å². The zero-order chi connectivity index (χ0) is 28.0. The second-order valence-corrected chi connectivity index (χ2v) is 10.7. The van der Waals surface area contributed by atoms with E-state index in [9.17, 15) is 28.6 Å². The molecule has 0 fully saturated rings. The lowest BCUT2D eigenvalue weighted by molar-refractivity contribution is -0.120. The Balaban J connectivity index is 1.78. The van der Waals surface area contributed by atoms with Gasteiger partial charge in [-0.1, -0.05) is 32.9 Å². The quantitative estimate of drug-likeness (QED) is 0.302. The normalized spacial score (nSPS) is 13.2. The Hall–Kier alpha value is -3.63. The number of hydrogen-bond donors (Lipinski definition) is 4. The number of imidazole rings is 1. The van der Waals surface area contributed by atoms with Crippen LogP contribution in [0.2, 0.25) is 0 Å². The Morgan fingerprint density at radius 3 is 2.34 bits per heavy atom. The topological polar surface area (TPSA) is 116 Å². The molecule has 0 bridgehead atoms. The highest BCUT2D eigenvalue weighted by Crippen LogP contribution is 2.24. The number of hydrogen-bond acceptors (Lipinski definition) is 5. The van der Waals surface area contributed by atoms with Crippen molar-refractivity contribution < 1.29 is 28.6 Å². The van der Waals surface area contributed by atoms with E-state index in [0.717, 1.165) is 29.3 Å². The van der Waals surface area contributed by atoms with Crippen LogP contribution in [0.1, 0.15) is 54.9 Å². The molecule has 4 N–H and O–H groups in total. The zero-order valence-electron chi connectivity index (χ0n) is 22.0. The van der Waals surface area contributed by atoms with Crippen LogP contribution in [0.5, 0.6) is 0 Å². The number of nitrogens with one attached hydrogen (secondary N) is 2. The van der Waals surface area contributed by atoms with Crippen molar-refractivity contribution in [1.29, 1.82) is 0 Å². The molecule has 0 aliphatic rings. The largest absolute Gasteiger partial charge is 0.476 e. The highest BCUT2D eigenvalue weighted by Gasteiger charge is 2.22. The molecule has 1 heterocycles. The second-order valence-electron chi connectivity index (χ2n) is 10.7. The molecule has 0 saturated carbocycles. The van der Waals surface area contributed by atoms with Crippen LogP contribution in [-0.4, -0.2) is 50.3 Å². The molecule has 3 rings (SSSR count). The maximum atomic E-state index is 13.7. The van der Waals surface area contributed by atoms with Crippen molar-refractivity contribution in [2.45, 2.75) is 59.2 Å². The molecule has 2 aromatic carbocycles. The number of nitrogens with zero attached hydrogens (tertiary/aromatic N) is 2. The van der Waals surface area contributed by atoms with Gasteiger partial charge in [-0.2, -0.15) is 0 Å². The molecule has 1 amide bonds. The molecule has 8 nitrogen and oxygen atoms in total. The third kappa shape index (κ3) is 8.46. The van der Waals surface area contributed by atoms with Crippen molar-refractivity contribution in [2.24, 2.45) is 5.41 Å². The molecule has 0 aliphatic carbocycles. The van der Waals surface area contributed by atoms with Gasteiger partial charge in [0.1, 0.15) is 18.0 Å². The monoisotopic (exact) mass is 528 g/mol. The Bertz CT molecular complexity index is 1270. The van der Waals surface area contributed by atoms with E-state index in [1.165, 1.54) is 31.6 Å². The predicted molar refractivity (Wildman–Crippen MR) is 139 cm³/mol. The summed E-state index contributed by atoms with van der Waals surface area (Å²) < 4.78 is 28.9. The smallest absolute Gasteiger partial charge is 0.356 e. The van der Waals surface area contributed by atoms with Crippen LogP contribution in [-0.2, 0) is 24.2 Å². The molecule has 0 radical (unpaired) electrons. The number of aliphatic hydroxyl groups is 1. The number of carboxylic acid groups (broad SMARTS) is 1. The lowest BCUT2D eigenvalue weighted by Gasteiger charge is -2.25. The first-order valence-electron chi connectivity index (χ1n) is 12.3. The molecule has 2 unspecified atom stereocenters. The van der Waals surface area contributed by atoms with Crippen LogP contribution >= 0.6 is 0 Å². The summed E-state index contributed by atoms with van der Waals surface area (Å²) in [7, 11) is 0. The summed E-state index contributed by atoms with van der Waals surface area (Å²) in [4.78, 5) is 27.0. The lowest BCUT2D eigenvalue weighted by Crippen LogP contribution is -2.48. The average molecular weight is 529 g/mol. The molecule has 204 valence electrons.